The fourth-order valence-electron chi connectivity index (χ4n) is 2.34. The van der Waals surface area contributed by atoms with E-state index in [1.54, 1.807) is 0 Å². The van der Waals surface area contributed by atoms with Crippen LogP contribution in [0.15, 0.2) is 24.3 Å². The van der Waals surface area contributed by atoms with Crippen LogP contribution in [-0.4, -0.2) is 57.5 Å². The Morgan fingerprint density at radius 2 is 1.79 bits per heavy atom. The number of aromatic nitrogens is 2. The summed E-state index contributed by atoms with van der Waals surface area (Å²) >= 11 is 0. The number of fused-ring (bicyclic) bond motifs is 1. The van der Waals surface area contributed by atoms with E-state index < -0.39 is 0 Å². The second kappa shape index (κ2) is 6.65. The molecule has 0 unspecified atom stereocenters. The van der Waals surface area contributed by atoms with E-state index in [2.05, 4.69) is 15.6 Å². The number of hydrogen-bond donors (Lipinski definition) is 2. The van der Waals surface area contributed by atoms with Gasteiger partial charge in [-0.15, -0.1) is 0 Å². The lowest BCUT2D eigenvalue weighted by atomic mass is 10.3. The minimum atomic E-state index is 0.115. The molecule has 0 radical (unpaired) electrons. The average Bonchev–Trinajstić information content (AvgIpc) is 2.72. The van der Waals surface area contributed by atoms with Gasteiger partial charge in [-0.1, -0.05) is 12.1 Å². The summed E-state index contributed by atoms with van der Waals surface area (Å²) in [5.74, 6) is 0.995. The van der Waals surface area contributed by atoms with Crippen LogP contribution in [-0.2, 0) is 6.54 Å². The van der Waals surface area contributed by atoms with E-state index >= 15 is 0 Å². The summed E-state index contributed by atoms with van der Waals surface area (Å²) in [4.78, 5) is 6.58. The fourth-order valence-corrected chi connectivity index (χ4v) is 2.34. The lowest BCUT2D eigenvalue weighted by molar-refractivity contribution is 0.157. The largest absolute Gasteiger partial charge is 0.395 e. The first-order valence-electron chi connectivity index (χ1n) is 6.62. The van der Waals surface area contributed by atoms with E-state index in [0.717, 1.165) is 29.9 Å². The molecule has 0 bridgehead atoms. The van der Waals surface area contributed by atoms with E-state index in [-0.39, 0.29) is 13.2 Å². The number of imidazole rings is 1. The molecule has 0 amide bonds. The maximum absolute atomic E-state index is 9.00. The second-order valence-corrected chi connectivity index (χ2v) is 4.59. The number of aryl methyl sites for hydroxylation is 1. The van der Waals surface area contributed by atoms with Gasteiger partial charge in [-0.3, -0.25) is 4.90 Å². The standard InChI is InChI=1S/C14H21N3O2/c1-12-15-13-4-2-3-5-14(13)17(12)7-6-16(8-10-18)9-11-19/h2-5,18-19H,6-11H2,1H3. The molecule has 0 aliphatic rings. The van der Waals surface area contributed by atoms with Crippen LogP contribution in [0, 0.1) is 6.92 Å². The zero-order valence-electron chi connectivity index (χ0n) is 11.3. The lowest BCUT2D eigenvalue weighted by Crippen LogP contribution is -2.33. The Morgan fingerprint density at radius 3 is 2.47 bits per heavy atom. The predicted octanol–water partition coefficient (Wildman–Crippen LogP) is 0.631. The molecule has 2 N–H and O–H groups in total. The molecule has 104 valence electrons. The highest BCUT2D eigenvalue weighted by Crippen LogP contribution is 2.15. The van der Waals surface area contributed by atoms with Crippen molar-refractivity contribution < 1.29 is 10.2 Å². The van der Waals surface area contributed by atoms with Crippen LogP contribution < -0.4 is 0 Å². The van der Waals surface area contributed by atoms with E-state index in [0.29, 0.717) is 13.1 Å². The first-order valence-corrected chi connectivity index (χ1v) is 6.62. The Labute approximate surface area is 113 Å². The van der Waals surface area contributed by atoms with Gasteiger partial charge in [0.15, 0.2) is 0 Å². The van der Waals surface area contributed by atoms with Crippen molar-refractivity contribution in [2.75, 3.05) is 32.8 Å². The van der Waals surface area contributed by atoms with Gasteiger partial charge in [0, 0.05) is 26.2 Å². The van der Waals surface area contributed by atoms with E-state index in [1.807, 2.05) is 30.0 Å². The normalized spacial score (nSPS) is 11.6. The molecular formula is C14H21N3O2. The van der Waals surface area contributed by atoms with Crippen LogP contribution >= 0.6 is 0 Å². The smallest absolute Gasteiger partial charge is 0.106 e. The molecule has 0 saturated carbocycles. The summed E-state index contributed by atoms with van der Waals surface area (Å²) < 4.78 is 2.18. The highest BCUT2D eigenvalue weighted by Gasteiger charge is 2.09. The molecule has 5 heteroatoms. The molecule has 0 spiro atoms. The van der Waals surface area contributed by atoms with Gasteiger partial charge in [0.2, 0.25) is 0 Å². The highest BCUT2D eigenvalue weighted by molar-refractivity contribution is 5.75. The van der Waals surface area contributed by atoms with Gasteiger partial charge in [0.25, 0.3) is 0 Å². The highest BCUT2D eigenvalue weighted by atomic mass is 16.3. The first-order chi connectivity index (χ1) is 9.26. The number of rotatable bonds is 7. The van der Waals surface area contributed by atoms with Crippen LogP contribution in [0.3, 0.4) is 0 Å². The number of aliphatic hydroxyl groups excluding tert-OH is 2. The van der Waals surface area contributed by atoms with Crippen molar-refractivity contribution in [1.82, 2.24) is 14.5 Å². The summed E-state index contributed by atoms with van der Waals surface area (Å²) in [6.45, 7) is 5.02. The van der Waals surface area contributed by atoms with Crippen LogP contribution in [0.1, 0.15) is 5.82 Å². The van der Waals surface area contributed by atoms with Crippen molar-refractivity contribution in [1.29, 1.82) is 0 Å². The fraction of sp³-hybridized carbons (Fsp3) is 0.500. The van der Waals surface area contributed by atoms with Crippen molar-refractivity contribution in [3.05, 3.63) is 30.1 Å². The zero-order chi connectivity index (χ0) is 13.7. The minimum absolute atomic E-state index is 0.115. The Morgan fingerprint density at radius 1 is 1.11 bits per heavy atom. The number of benzene rings is 1. The summed E-state index contributed by atoms with van der Waals surface area (Å²) in [7, 11) is 0. The van der Waals surface area contributed by atoms with Crippen molar-refractivity contribution in [2.24, 2.45) is 0 Å². The molecule has 2 rings (SSSR count). The third kappa shape index (κ3) is 3.32. The van der Waals surface area contributed by atoms with E-state index in [9.17, 15) is 0 Å². The number of para-hydroxylation sites is 2. The van der Waals surface area contributed by atoms with Gasteiger partial charge in [-0.25, -0.2) is 4.98 Å². The topological polar surface area (TPSA) is 61.5 Å². The molecule has 1 aromatic carbocycles. The van der Waals surface area contributed by atoms with Gasteiger partial charge >= 0.3 is 0 Å². The van der Waals surface area contributed by atoms with Gasteiger partial charge in [-0.2, -0.15) is 0 Å². The van der Waals surface area contributed by atoms with Gasteiger partial charge in [0.1, 0.15) is 5.82 Å². The molecule has 0 aliphatic heterocycles. The van der Waals surface area contributed by atoms with E-state index in [4.69, 9.17) is 10.2 Å². The Balaban J connectivity index is 2.10. The molecule has 5 nitrogen and oxygen atoms in total. The van der Waals surface area contributed by atoms with Crippen molar-refractivity contribution in [2.45, 2.75) is 13.5 Å². The van der Waals surface area contributed by atoms with Crippen molar-refractivity contribution >= 4 is 11.0 Å². The Hall–Kier alpha value is -1.43. The van der Waals surface area contributed by atoms with Gasteiger partial charge in [-0.05, 0) is 19.1 Å². The molecule has 1 heterocycles. The molecule has 1 aromatic heterocycles. The van der Waals surface area contributed by atoms with Crippen LogP contribution in [0.2, 0.25) is 0 Å². The molecule has 19 heavy (non-hydrogen) atoms. The number of hydrogen-bond acceptors (Lipinski definition) is 4. The average molecular weight is 263 g/mol. The SMILES string of the molecule is Cc1nc2ccccc2n1CCN(CCO)CCO. The minimum Gasteiger partial charge on any atom is -0.395 e. The first kappa shape index (κ1) is 14.0. The summed E-state index contributed by atoms with van der Waals surface area (Å²) in [5, 5.41) is 18.0. The Bertz CT molecular complexity index is 518. The third-order valence-electron chi connectivity index (χ3n) is 3.32. The zero-order valence-corrected chi connectivity index (χ0v) is 11.3. The summed E-state index contributed by atoms with van der Waals surface area (Å²) in [5.41, 5.74) is 2.14. The predicted molar refractivity (Wildman–Crippen MR) is 75.1 cm³/mol. The number of aliphatic hydroxyl groups is 2. The lowest BCUT2D eigenvalue weighted by Gasteiger charge is -2.20. The summed E-state index contributed by atoms with van der Waals surface area (Å²) in [6, 6.07) is 8.08. The van der Waals surface area contributed by atoms with Gasteiger partial charge in [0.05, 0.1) is 24.2 Å². The monoisotopic (exact) mass is 263 g/mol. The molecule has 0 atom stereocenters. The van der Waals surface area contributed by atoms with Crippen molar-refractivity contribution in [3.8, 4) is 0 Å². The second-order valence-electron chi connectivity index (χ2n) is 4.59. The molecule has 0 saturated heterocycles. The molecule has 2 aromatic rings. The summed E-state index contributed by atoms with van der Waals surface area (Å²) in [6.07, 6.45) is 0. The molecule has 0 aliphatic carbocycles. The maximum atomic E-state index is 9.00. The Kier molecular flexibility index (Phi) is 4.90. The maximum Gasteiger partial charge on any atom is 0.106 e. The molecule has 0 fully saturated rings. The third-order valence-corrected chi connectivity index (χ3v) is 3.32. The molecular weight excluding hydrogens is 242 g/mol. The number of nitrogens with zero attached hydrogens (tertiary/aromatic N) is 3. The van der Waals surface area contributed by atoms with Crippen LogP contribution in [0.5, 0.6) is 0 Å². The van der Waals surface area contributed by atoms with Crippen molar-refractivity contribution in [3.63, 3.8) is 0 Å². The van der Waals surface area contributed by atoms with E-state index in [1.165, 1.54) is 0 Å². The van der Waals surface area contributed by atoms with Crippen LogP contribution in [0.4, 0.5) is 0 Å². The van der Waals surface area contributed by atoms with Gasteiger partial charge < -0.3 is 14.8 Å². The van der Waals surface area contributed by atoms with Crippen LogP contribution in [0.25, 0.3) is 11.0 Å². The quantitative estimate of drug-likeness (QED) is 0.769.